The molecule has 2 saturated carbocycles. The van der Waals surface area contributed by atoms with Gasteiger partial charge in [0, 0.05) is 76.0 Å². The van der Waals surface area contributed by atoms with Gasteiger partial charge < -0.3 is 42.0 Å². The summed E-state index contributed by atoms with van der Waals surface area (Å²) in [5.41, 5.74) is 19.9. The lowest BCUT2D eigenvalue weighted by Crippen LogP contribution is -2.48. The number of para-hydroxylation sites is 1. The van der Waals surface area contributed by atoms with Crippen LogP contribution in [0.2, 0.25) is 0 Å². The molecule has 2 saturated heterocycles. The second-order valence-corrected chi connectivity index (χ2v) is 16.7. The zero-order chi connectivity index (χ0) is 39.7. The smallest absolute Gasteiger partial charge is 0.272 e. The zero-order valence-electron chi connectivity index (χ0n) is 33.3. The molecule has 0 spiro atoms. The van der Waals surface area contributed by atoms with E-state index in [1.165, 1.54) is 5.69 Å². The molecule has 1 aromatic carbocycles. The first kappa shape index (κ1) is 38.9. The number of aromatic nitrogens is 3. The highest BCUT2D eigenvalue weighted by Crippen LogP contribution is 2.49. The van der Waals surface area contributed by atoms with Crippen LogP contribution < -0.4 is 32.3 Å². The SMILES string of the molecule is CCC1c2c(cnn2C2CN(Cc3cccc(C(=O)N4CCC(C)(C)C4)n3)C2)-c2cccc(NC(/C=C(\N)NC)=C(/N)C(=O)NC3CC3)c2N1C.O=CC1CC1. The van der Waals surface area contributed by atoms with E-state index in [1.54, 1.807) is 13.1 Å². The quantitative estimate of drug-likeness (QED) is 0.101. The van der Waals surface area contributed by atoms with Crippen molar-refractivity contribution in [2.75, 3.05) is 50.5 Å². The number of carbonyl (C=O) groups excluding carboxylic acids is 3. The molecule has 2 aliphatic carbocycles. The zero-order valence-corrected chi connectivity index (χ0v) is 33.3. The third-order valence-corrected chi connectivity index (χ3v) is 11.5. The van der Waals surface area contributed by atoms with Crippen LogP contribution in [0.15, 0.2) is 65.9 Å². The summed E-state index contributed by atoms with van der Waals surface area (Å²) in [6, 6.07) is 12.4. The number of hydrogen-bond donors (Lipinski definition) is 5. The van der Waals surface area contributed by atoms with E-state index in [2.05, 4.69) is 64.3 Å². The molecule has 4 fully saturated rings. The third-order valence-electron chi connectivity index (χ3n) is 11.5. The van der Waals surface area contributed by atoms with E-state index >= 15 is 0 Å². The molecule has 0 radical (unpaired) electrons. The lowest BCUT2D eigenvalue weighted by Gasteiger charge is -2.43. The van der Waals surface area contributed by atoms with E-state index in [0.29, 0.717) is 29.7 Å². The van der Waals surface area contributed by atoms with Gasteiger partial charge >= 0.3 is 0 Å². The summed E-state index contributed by atoms with van der Waals surface area (Å²) in [6.07, 6.45) is 10.8. The Morgan fingerprint density at radius 3 is 2.41 bits per heavy atom. The predicted octanol–water partition coefficient (Wildman–Crippen LogP) is 4.25. The summed E-state index contributed by atoms with van der Waals surface area (Å²) in [7, 11) is 3.83. The van der Waals surface area contributed by atoms with Crippen LogP contribution in [0, 0.1) is 11.3 Å². The number of amides is 2. The predicted molar refractivity (Wildman–Crippen MR) is 218 cm³/mol. The normalized spacial score (nSPS) is 20.8. The number of hydrogen-bond acceptors (Lipinski definition) is 11. The van der Waals surface area contributed by atoms with Gasteiger partial charge in [-0.05, 0) is 62.1 Å². The number of nitrogens with zero attached hydrogens (tertiary/aromatic N) is 6. The van der Waals surface area contributed by atoms with E-state index in [9.17, 15) is 14.4 Å². The van der Waals surface area contributed by atoms with Crippen molar-refractivity contribution in [2.45, 2.75) is 84.0 Å². The summed E-state index contributed by atoms with van der Waals surface area (Å²) in [5.74, 6) is 0.542. The largest absolute Gasteiger partial charge is 0.393 e. The molecule has 298 valence electrons. The minimum absolute atomic E-state index is 0.0220. The number of benzene rings is 1. The van der Waals surface area contributed by atoms with Crippen LogP contribution in [0.3, 0.4) is 0 Å². The minimum atomic E-state index is -0.314. The third kappa shape index (κ3) is 8.40. The van der Waals surface area contributed by atoms with Crippen LogP contribution >= 0.6 is 0 Å². The highest BCUT2D eigenvalue weighted by Gasteiger charge is 2.39. The standard InChI is InChI=1S/C38H51N11O2.C4H6O/c1-6-31-35-27(26-10-8-11-28(34(26)46(31)5)45-30(17-32(39)41-4)33(40)36(50)44-23-13-14-23)18-42-49(35)25-20-47(21-25)19-24-9-7-12-29(43-24)37(51)48-16-15-38(2,3)22-48;5-3-4-1-2-4/h7-12,17-18,23,25,31,41,45H,6,13-16,19-22,39-40H2,1-5H3,(H,44,50);3-4H,1-2H2/b32-17+,33-30+;. The number of carbonyl (C=O) groups is 3. The number of aldehydes is 1. The number of likely N-dealkylation sites (tertiary alicyclic amines) is 2. The van der Waals surface area contributed by atoms with Crippen molar-refractivity contribution in [1.29, 1.82) is 0 Å². The lowest BCUT2D eigenvalue weighted by atomic mass is 9.91. The number of fused-ring (bicyclic) bond motifs is 3. The van der Waals surface area contributed by atoms with Crippen molar-refractivity contribution in [3.63, 3.8) is 0 Å². The maximum Gasteiger partial charge on any atom is 0.272 e. The molecular formula is C42H57N11O3. The van der Waals surface area contributed by atoms with Gasteiger partial charge in [0.2, 0.25) is 0 Å². The number of nitrogens with one attached hydrogen (secondary N) is 3. The van der Waals surface area contributed by atoms with Crippen LogP contribution in [0.1, 0.15) is 93.3 Å². The van der Waals surface area contributed by atoms with Crippen LogP contribution in [-0.4, -0.2) is 89.0 Å². The van der Waals surface area contributed by atoms with Gasteiger partial charge in [0.25, 0.3) is 11.8 Å². The van der Waals surface area contributed by atoms with Gasteiger partial charge in [-0.2, -0.15) is 5.10 Å². The Hall–Kier alpha value is -5.37. The Morgan fingerprint density at radius 2 is 1.79 bits per heavy atom. The first-order valence-electron chi connectivity index (χ1n) is 20.0. The van der Waals surface area contributed by atoms with E-state index in [4.69, 9.17) is 21.5 Å². The molecule has 56 heavy (non-hydrogen) atoms. The average molecular weight is 764 g/mol. The fourth-order valence-electron chi connectivity index (χ4n) is 7.84. The van der Waals surface area contributed by atoms with Gasteiger partial charge in [0.1, 0.15) is 17.7 Å². The first-order valence-corrected chi connectivity index (χ1v) is 20.0. The Labute approximate surface area is 329 Å². The molecule has 5 aliphatic rings. The van der Waals surface area contributed by atoms with Gasteiger partial charge in [0.15, 0.2) is 0 Å². The van der Waals surface area contributed by atoms with Crippen molar-refractivity contribution in [1.82, 2.24) is 35.2 Å². The van der Waals surface area contributed by atoms with Gasteiger partial charge in [-0.25, -0.2) is 4.98 Å². The van der Waals surface area contributed by atoms with Crippen LogP contribution in [-0.2, 0) is 16.1 Å². The second-order valence-electron chi connectivity index (χ2n) is 16.7. The highest BCUT2D eigenvalue weighted by molar-refractivity contribution is 5.96. The molecule has 2 amide bonds. The van der Waals surface area contributed by atoms with Crippen molar-refractivity contribution >= 4 is 29.5 Å². The van der Waals surface area contributed by atoms with Gasteiger partial charge in [-0.3, -0.25) is 19.2 Å². The van der Waals surface area contributed by atoms with Crippen molar-refractivity contribution in [2.24, 2.45) is 22.8 Å². The van der Waals surface area contributed by atoms with E-state index in [-0.39, 0.29) is 41.1 Å². The fourth-order valence-corrected chi connectivity index (χ4v) is 7.84. The molecule has 8 rings (SSSR count). The van der Waals surface area contributed by atoms with Crippen LogP contribution in [0.25, 0.3) is 11.1 Å². The van der Waals surface area contributed by atoms with Crippen molar-refractivity contribution in [3.8, 4) is 11.1 Å². The van der Waals surface area contributed by atoms with E-state index in [0.717, 1.165) is 99.2 Å². The molecule has 1 atom stereocenters. The van der Waals surface area contributed by atoms with Gasteiger partial charge in [0.05, 0.1) is 52.6 Å². The second kappa shape index (κ2) is 16.0. The summed E-state index contributed by atoms with van der Waals surface area (Å²) < 4.78 is 2.21. The van der Waals surface area contributed by atoms with E-state index < -0.39 is 0 Å². The van der Waals surface area contributed by atoms with Crippen LogP contribution in [0.4, 0.5) is 11.4 Å². The van der Waals surface area contributed by atoms with Crippen molar-refractivity contribution < 1.29 is 14.4 Å². The van der Waals surface area contributed by atoms with Gasteiger partial charge in [-0.1, -0.05) is 39.0 Å². The Morgan fingerprint density at radius 1 is 1.04 bits per heavy atom. The molecule has 7 N–H and O–H groups in total. The first-order chi connectivity index (χ1) is 26.9. The monoisotopic (exact) mass is 763 g/mol. The number of nitrogens with two attached hydrogens (primary N) is 2. The Balaban J connectivity index is 0.000000891. The molecule has 1 unspecified atom stereocenters. The maximum atomic E-state index is 13.2. The maximum absolute atomic E-state index is 13.2. The summed E-state index contributed by atoms with van der Waals surface area (Å²) in [5, 5.41) is 14.3. The highest BCUT2D eigenvalue weighted by atomic mass is 16.2. The molecule has 3 aromatic rings. The fraction of sp³-hybridized carbons (Fsp3) is 0.500. The Kier molecular flexibility index (Phi) is 11.1. The Bertz CT molecular complexity index is 2020. The summed E-state index contributed by atoms with van der Waals surface area (Å²) in [6.45, 7) is 10.5. The molecule has 14 nitrogen and oxygen atoms in total. The van der Waals surface area contributed by atoms with Crippen molar-refractivity contribution in [3.05, 3.63) is 83.0 Å². The molecule has 5 heterocycles. The average Bonchev–Trinajstić information content (AvgIpc) is 4.11. The minimum Gasteiger partial charge on any atom is -0.393 e. The van der Waals surface area contributed by atoms with Gasteiger partial charge in [-0.15, -0.1) is 0 Å². The number of allylic oxidation sites excluding steroid dienone is 1. The molecule has 2 aromatic heterocycles. The topological polar surface area (TPSA) is 180 Å². The lowest BCUT2D eigenvalue weighted by molar-refractivity contribution is -0.117. The molecule has 0 bridgehead atoms. The number of rotatable bonds is 12. The number of pyridine rings is 1. The molecular weight excluding hydrogens is 707 g/mol. The number of anilines is 2. The molecule has 14 heteroatoms. The van der Waals surface area contributed by atoms with Crippen LogP contribution in [0.5, 0.6) is 0 Å². The summed E-state index contributed by atoms with van der Waals surface area (Å²) in [4.78, 5) is 47.1. The van der Waals surface area contributed by atoms with E-state index in [1.807, 2.05) is 41.4 Å². The molecule has 3 aliphatic heterocycles. The summed E-state index contributed by atoms with van der Waals surface area (Å²) >= 11 is 0.